The van der Waals surface area contributed by atoms with Gasteiger partial charge in [-0.25, -0.2) is 4.98 Å². The lowest BCUT2D eigenvalue weighted by Gasteiger charge is -2.15. The Morgan fingerprint density at radius 1 is 1.50 bits per heavy atom. The zero-order chi connectivity index (χ0) is 16.6. The Kier molecular flexibility index (Phi) is 5.53. The number of nitrogens with one attached hydrogen (secondary N) is 1. The molecule has 0 unspecified atom stereocenters. The number of benzene rings is 1. The van der Waals surface area contributed by atoms with E-state index >= 15 is 0 Å². The number of nitro groups is 1. The van der Waals surface area contributed by atoms with Crippen LogP contribution in [0.4, 0.5) is 10.8 Å². The fraction of sp³-hybridized carbons (Fsp3) is 0.333. The van der Waals surface area contributed by atoms with Gasteiger partial charge in [-0.3, -0.25) is 20.2 Å². The summed E-state index contributed by atoms with van der Waals surface area (Å²) in [5.74, 6) is -0.518. The zero-order valence-electron chi connectivity index (χ0n) is 12.9. The Hall–Kier alpha value is -2.03. The number of para-hydroxylation sites is 1. The molecule has 2 aromatic rings. The molecule has 0 saturated carbocycles. The third-order valence-corrected chi connectivity index (χ3v) is 4.90. The number of carbonyl (C=O) groups is 1. The SMILES string of the molecule is Cc1cccc(C(=O)Nc2nc3c(s2)C[C@@H](N)CC3)c1[N+](=O)[O-].Cl. The molecule has 1 aromatic carbocycles. The largest absolute Gasteiger partial charge is 0.327 e. The number of fused-ring (bicyclic) bond motifs is 1. The molecule has 0 aliphatic heterocycles. The Morgan fingerprint density at radius 2 is 2.25 bits per heavy atom. The van der Waals surface area contributed by atoms with E-state index in [9.17, 15) is 14.9 Å². The molecule has 1 heterocycles. The molecule has 1 aliphatic carbocycles. The van der Waals surface area contributed by atoms with Gasteiger partial charge in [0.05, 0.1) is 10.6 Å². The van der Waals surface area contributed by atoms with E-state index in [1.807, 2.05) is 0 Å². The summed E-state index contributed by atoms with van der Waals surface area (Å²) in [4.78, 5) is 28.5. The van der Waals surface area contributed by atoms with Crippen molar-refractivity contribution in [3.63, 3.8) is 0 Å². The number of hydrogen-bond donors (Lipinski definition) is 2. The van der Waals surface area contributed by atoms with Crippen molar-refractivity contribution in [2.75, 3.05) is 5.32 Å². The first-order chi connectivity index (χ1) is 11.0. The number of anilines is 1. The van der Waals surface area contributed by atoms with Crippen molar-refractivity contribution in [2.45, 2.75) is 32.2 Å². The lowest BCUT2D eigenvalue weighted by Crippen LogP contribution is -2.27. The normalized spacial score (nSPS) is 16.0. The number of hydrogen-bond acceptors (Lipinski definition) is 6. The van der Waals surface area contributed by atoms with Gasteiger partial charge in [-0.15, -0.1) is 23.7 Å². The molecule has 1 aliphatic rings. The van der Waals surface area contributed by atoms with Gasteiger partial charge in [-0.2, -0.15) is 0 Å². The van der Waals surface area contributed by atoms with Crippen LogP contribution in [0.2, 0.25) is 0 Å². The fourth-order valence-corrected chi connectivity index (χ4v) is 3.80. The van der Waals surface area contributed by atoms with Gasteiger partial charge in [0.15, 0.2) is 5.13 Å². The van der Waals surface area contributed by atoms with Crippen molar-refractivity contribution in [3.05, 3.63) is 50.0 Å². The van der Waals surface area contributed by atoms with Crippen molar-refractivity contribution >= 4 is 40.5 Å². The fourth-order valence-electron chi connectivity index (χ4n) is 2.70. The van der Waals surface area contributed by atoms with Gasteiger partial charge < -0.3 is 5.73 Å². The summed E-state index contributed by atoms with van der Waals surface area (Å²) in [5.41, 5.74) is 7.22. The Morgan fingerprint density at radius 3 is 2.96 bits per heavy atom. The second-order valence-corrected chi connectivity index (χ2v) is 6.66. The molecule has 24 heavy (non-hydrogen) atoms. The van der Waals surface area contributed by atoms with Crippen LogP contribution in [0.25, 0.3) is 0 Å². The summed E-state index contributed by atoms with van der Waals surface area (Å²) >= 11 is 1.39. The number of rotatable bonds is 3. The molecule has 0 spiro atoms. The Labute approximate surface area is 148 Å². The lowest BCUT2D eigenvalue weighted by atomic mass is 9.99. The van der Waals surface area contributed by atoms with E-state index < -0.39 is 10.8 Å². The average Bonchev–Trinajstić information content (AvgIpc) is 2.87. The summed E-state index contributed by atoms with van der Waals surface area (Å²) in [6.07, 6.45) is 2.44. The first-order valence-electron chi connectivity index (χ1n) is 7.25. The predicted molar refractivity (Wildman–Crippen MR) is 95.1 cm³/mol. The summed E-state index contributed by atoms with van der Waals surface area (Å²) in [6, 6.07) is 4.81. The monoisotopic (exact) mass is 368 g/mol. The Bertz CT molecular complexity index is 793. The maximum Gasteiger partial charge on any atom is 0.285 e. The van der Waals surface area contributed by atoms with Crippen LogP contribution in [0.5, 0.6) is 0 Å². The van der Waals surface area contributed by atoms with E-state index in [0.717, 1.165) is 29.8 Å². The minimum Gasteiger partial charge on any atom is -0.327 e. The number of halogens is 1. The van der Waals surface area contributed by atoms with Crippen LogP contribution in [0.15, 0.2) is 18.2 Å². The maximum atomic E-state index is 12.4. The van der Waals surface area contributed by atoms with Gasteiger partial charge in [-0.05, 0) is 32.3 Å². The number of thiazole rings is 1. The van der Waals surface area contributed by atoms with Crippen molar-refractivity contribution in [3.8, 4) is 0 Å². The molecule has 3 rings (SSSR count). The minimum atomic E-state index is -0.532. The van der Waals surface area contributed by atoms with E-state index in [-0.39, 0.29) is 29.7 Å². The van der Waals surface area contributed by atoms with Crippen molar-refractivity contribution < 1.29 is 9.72 Å². The van der Waals surface area contributed by atoms with Crippen LogP contribution in [0, 0.1) is 17.0 Å². The van der Waals surface area contributed by atoms with E-state index in [1.165, 1.54) is 17.4 Å². The molecular weight excluding hydrogens is 352 g/mol. The van der Waals surface area contributed by atoms with Gasteiger partial charge >= 0.3 is 0 Å². The minimum absolute atomic E-state index is 0. The number of nitro benzene ring substituents is 1. The second kappa shape index (κ2) is 7.25. The molecule has 7 nitrogen and oxygen atoms in total. The van der Waals surface area contributed by atoms with Crippen molar-refractivity contribution in [1.29, 1.82) is 0 Å². The Balaban J connectivity index is 0.00000208. The molecule has 1 aromatic heterocycles. The third kappa shape index (κ3) is 3.55. The highest BCUT2D eigenvalue weighted by Crippen LogP contribution is 2.30. The summed E-state index contributed by atoms with van der Waals surface area (Å²) in [6.45, 7) is 1.61. The molecule has 0 radical (unpaired) electrons. The van der Waals surface area contributed by atoms with Crippen LogP contribution in [0.1, 0.15) is 32.9 Å². The van der Waals surface area contributed by atoms with Crippen LogP contribution in [-0.2, 0) is 12.8 Å². The molecule has 1 atom stereocenters. The highest BCUT2D eigenvalue weighted by atomic mass is 35.5. The first-order valence-corrected chi connectivity index (χ1v) is 8.07. The van der Waals surface area contributed by atoms with Gasteiger partial charge in [0.25, 0.3) is 11.6 Å². The van der Waals surface area contributed by atoms with Crippen LogP contribution in [0.3, 0.4) is 0 Å². The first kappa shape index (κ1) is 18.3. The number of carbonyl (C=O) groups excluding carboxylic acids is 1. The molecule has 0 saturated heterocycles. The molecule has 3 N–H and O–H groups in total. The van der Waals surface area contributed by atoms with E-state index in [4.69, 9.17) is 5.73 Å². The molecule has 0 fully saturated rings. The lowest BCUT2D eigenvalue weighted by molar-refractivity contribution is -0.385. The van der Waals surface area contributed by atoms with Crippen molar-refractivity contribution in [1.82, 2.24) is 4.98 Å². The average molecular weight is 369 g/mol. The summed E-state index contributed by atoms with van der Waals surface area (Å²) < 4.78 is 0. The summed E-state index contributed by atoms with van der Waals surface area (Å²) in [7, 11) is 0. The van der Waals surface area contributed by atoms with Gasteiger partial charge in [-0.1, -0.05) is 12.1 Å². The number of aryl methyl sites for hydroxylation is 2. The number of aromatic nitrogens is 1. The molecule has 128 valence electrons. The smallest absolute Gasteiger partial charge is 0.285 e. The third-order valence-electron chi connectivity index (χ3n) is 3.86. The van der Waals surface area contributed by atoms with Crippen LogP contribution < -0.4 is 11.1 Å². The van der Waals surface area contributed by atoms with E-state index in [0.29, 0.717) is 10.7 Å². The standard InChI is InChI=1S/C15H16N4O3S.ClH/c1-8-3-2-4-10(13(8)19(21)22)14(20)18-15-17-11-6-5-9(16)7-12(11)23-15;/h2-4,9H,5-7,16H2,1H3,(H,17,18,20);1H/t9-;/m0./s1. The van der Waals surface area contributed by atoms with Gasteiger partial charge in [0.2, 0.25) is 0 Å². The highest BCUT2D eigenvalue weighted by molar-refractivity contribution is 7.15. The van der Waals surface area contributed by atoms with E-state index in [1.54, 1.807) is 19.1 Å². The maximum absolute atomic E-state index is 12.4. The van der Waals surface area contributed by atoms with Gasteiger partial charge in [0, 0.05) is 16.5 Å². The molecule has 9 heteroatoms. The summed E-state index contributed by atoms with van der Waals surface area (Å²) in [5, 5.41) is 14.3. The van der Waals surface area contributed by atoms with Crippen LogP contribution >= 0.6 is 23.7 Å². The highest BCUT2D eigenvalue weighted by Gasteiger charge is 2.25. The number of amides is 1. The zero-order valence-corrected chi connectivity index (χ0v) is 14.6. The topological polar surface area (TPSA) is 111 Å². The number of nitrogens with two attached hydrogens (primary N) is 1. The quantitative estimate of drug-likeness (QED) is 0.639. The molecular formula is C15H17ClN4O3S. The van der Waals surface area contributed by atoms with E-state index in [2.05, 4.69) is 10.3 Å². The predicted octanol–water partition coefficient (Wildman–Crippen LogP) is 2.85. The van der Waals surface area contributed by atoms with Crippen LogP contribution in [-0.4, -0.2) is 21.9 Å². The second-order valence-electron chi connectivity index (χ2n) is 5.57. The van der Waals surface area contributed by atoms with Crippen molar-refractivity contribution in [2.24, 2.45) is 5.73 Å². The van der Waals surface area contributed by atoms with Gasteiger partial charge in [0.1, 0.15) is 5.56 Å². The number of nitrogens with zero attached hydrogens (tertiary/aromatic N) is 2. The molecule has 1 amide bonds. The molecule has 0 bridgehead atoms.